The Morgan fingerprint density at radius 1 is 1.16 bits per heavy atom. The number of carbonyl (C=O) groups excluding carboxylic acids is 1. The molecule has 0 spiro atoms. The fourth-order valence-corrected chi connectivity index (χ4v) is 3.81. The molecule has 1 N–H and O–H groups in total. The molecule has 1 saturated heterocycles. The second-order valence-corrected chi connectivity index (χ2v) is 8.95. The number of halogens is 1. The number of amides is 1. The van der Waals surface area contributed by atoms with Gasteiger partial charge in [-0.25, -0.2) is 19.3 Å². The van der Waals surface area contributed by atoms with Crippen molar-refractivity contribution in [1.82, 2.24) is 19.9 Å². The highest BCUT2D eigenvalue weighted by Gasteiger charge is 2.36. The SMILES string of the molecule is CC(C)c1ncc(C(=O)Nc2c(-c3ccccn3)ccnc2N2CCC(F)(P)C2)cn1. The van der Waals surface area contributed by atoms with Gasteiger partial charge in [-0.1, -0.05) is 29.2 Å². The van der Waals surface area contributed by atoms with Crippen LogP contribution in [0.2, 0.25) is 0 Å². The Balaban J connectivity index is 1.72. The number of hydrogen-bond acceptors (Lipinski definition) is 6. The largest absolute Gasteiger partial charge is 0.351 e. The predicted molar refractivity (Wildman–Crippen MR) is 122 cm³/mol. The molecule has 1 amide bonds. The average Bonchev–Trinajstić information content (AvgIpc) is 3.14. The molecule has 160 valence electrons. The van der Waals surface area contributed by atoms with Gasteiger partial charge in [0.2, 0.25) is 0 Å². The Morgan fingerprint density at radius 3 is 2.55 bits per heavy atom. The van der Waals surface area contributed by atoms with Gasteiger partial charge in [0.1, 0.15) is 11.2 Å². The van der Waals surface area contributed by atoms with Crippen molar-refractivity contribution in [3.63, 3.8) is 0 Å². The minimum absolute atomic E-state index is 0.167. The van der Waals surface area contributed by atoms with Gasteiger partial charge in [-0.15, -0.1) is 0 Å². The molecule has 31 heavy (non-hydrogen) atoms. The molecule has 4 rings (SSSR count). The van der Waals surface area contributed by atoms with Crippen molar-refractivity contribution in [2.75, 3.05) is 23.3 Å². The molecule has 0 radical (unpaired) electrons. The number of alkyl halides is 1. The average molecular weight is 438 g/mol. The van der Waals surface area contributed by atoms with E-state index in [1.165, 1.54) is 12.4 Å². The molecule has 0 aromatic carbocycles. The molecule has 1 fully saturated rings. The number of rotatable bonds is 5. The zero-order valence-corrected chi connectivity index (χ0v) is 18.6. The van der Waals surface area contributed by atoms with E-state index >= 15 is 0 Å². The van der Waals surface area contributed by atoms with Gasteiger partial charge >= 0.3 is 0 Å². The summed E-state index contributed by atoms with van der Waals surface area (Å²) in [5.74, 6) is 0.988. The fraction of sp³-hybridized carbons (Fsp3) is 0.318. The van der Waals surface area contributed by atoms with Crippen molar-refractivity contribution >= 4 is 26.7 Å². The summed E-state index contributed by atoms with van der Waals surface area (Å²) < 4.78 is 14.5. The first-order valence-corrected chi connectivity index (χ1v) is 10.7. The summed E-state index contributed by atoms with van der Waals surface area (Å²) in [5, 5.41) is 1.57. The Hall–Kier alpha value is -2.99. The first-order chi connectivity index (χ1) is 14.8. The first-order valence-electron chi connectivity index (χ1n) is 10.1. The van der Waals surface area contributed by atoms with Crippen LogP contribution in [-0.4, -0.2) is 44.3 Å². The van der Waals surface area contributed by atoms with E-state index in [2.05, 4.69) is 34.5 Å². The molecule has 3 aromatic heterocycles. The lowest BCUT2D eigenvalue weighted by Crippen LogP contribution is -2.26. The Bertz CT molecular complexity index is 1080. The zero-order chi connectivity index (χ0) is 22.0. The molecule has 3 aromatic rings. The number of hydrogen-bond donors (Lipinski definition) is 1. The minimum Gasteiger partial charge on any atom is -0.351 e. The summed E-state index contributed by atoms with van der Waals surface area (Å²) in [6.45, 7) is 4.64. The molecule has 2 atom stereocenters. The van der Waals surface area contributed by atoms with E-state index in [1.54, 1.807) is 18.5 Å². The standard InChI is InChI=1S/C22H24FN6OP/c1-14(2)19-26-11-15(12-27-19)21(30)28-18-16(17-5-3-4-8-24-17)6-9-25-20(18)29-10-7-22(23,31)13-29/h3-6,8-9,11-12,14H,7,10,13,31H2,1-2H3,(H,28,30). The highest BCUT2D eigenvalue weighted by atomic mass is 31.0. The van der Waals surface area contributed by atoms with Crippen LogP contribution in [-0.2, 0) is 0 Å². The van der Waals surface area contributed by atoms with E-state index in [1.807, 2.05) is 36.9 Å². The second-order valence-electron chi connectivity index (χ2n) is 7.92. The molecular formula is C22H24FN6OP. The zero-order valence-electron chi connectivity index (χ0n) is 17.4. The predicted octanol–water partition coefficient (Wildman–Crippen LogP) is 4.06. The maximum atomic E-state index is 14.5. The van der Waals surface area contributed by atoms with Gasteiger partial charge in [0.15, 0.2) is 5.82 Å². The van der Waals surface area contributed by atoms with E-state index in [9.17, 15) is 9.18 Å². The highest BCUT2D eigenvalue weighted by molar-refractivity contribution is 7.18. The van der Waals surface area contributed by atoms with Crippen molar-refractivity contribution < 1.29 is 9.18 Å². The molecule has 0 bridgehead atoms. The van der Waals surface area contributed by atoms with Crippen LogP contribution < -0.4 is 10.2 Å². The number of carbonyl (C=O) groups is 1. The highest BCUT2D eigenvalue weighted by Crippen LogP contribution is 2.40. The molecule has 2 unspecified atom stereocenters. The molecule has 1 aliphatic heterocycles. The summed E-state index contributed by atoms with van der Waals surface area (Å²) >= 11 is 0. The summed E-state index contributed by atoms with van der Waals surface area (Å²) in [5.41, 5.74) is 2.21. The van der Waals surface area contributed by atoms with E-state index in [0.717, 1.165) is 0 Å². The maximum absolute atomic E-state index is 14.5. The minimum atomic E-state index is -1.38. The van der Waals surface area contributed by atoms with Crippen molar-refractivity contribution in [1.29, 1.82) is 0 Å². The number of pyridine rings is 2. The number of nitrogens with one attached hydrogen (secondary N) is 1. The lowest BCUT2D eigenvalue weighted by Gasteiger charge is -2.23. The normalized spacial score (nSPS) is 18.4. The molecule has 0 aliphatic carbocycles. The summed E-state index contributed by atoms with van der Waals surface area (Å²) in [4.78, 5) is 32.3. The molecule has 1 aliphatic rings. The topological polar surface area (TPSA) is 83.9 Å². The third-order valence-electron chi connectivity index (χ3n) is 5.11. The van der Waals surface area contributed by atoms with Crippen LogP contribution in [0.1, 0.15) is 42.4 Å². The van der Waals surface area contributed by atoms with Gasteiger partial charge in [-0.3, -0.25) is 9.78 Å². The van der Waals surface area contributed by atoms with Crippen LogP contribution in [0, 0.1) is 0 Å². The van der Waals surface area contributed by atoms with Crippen LogP contribution in [0.25, 0.3) is 11.3 Å². The Labute approximate surface area is 182 Å². The number of anilines is 2. The third-order valence-corrected chi connectivity index (χ3v) is 5.58. The molecule has 9 heteroatoms. The van der Waals surface area contributed by atoms with E-state index in [0.29, 0.717) is 47.1 Å². The Morgan fingerprint density at radius 2 is 1.94 bits per heavy atom. The van der Waals surface area contributed by atoms with Crippen LogP contribution in [0.3, 0.4) is 0 Å². The van der Waals surface area contributed by atoms with Gasteiger partial charge in [-0.2, -0.15) is 0 Å². The van der Waals surface area contributed by atoms with Gasteiger partial charge in [0.05, 0.1) is 23.5 Å². The molecule has 4 heterocycles. The van der Waals surface area contributed by atoms with Crippen molar-refractivity contribution in [2.45, 2.75) is 31.6 Å². The van der Waals surface area contributed by atoms with Crippen LogP contribution in [0.5, 0.6) is 0 Å². The van der Waals surface area contributed by atoms with Crippen molar-refractivity contribution in [2.24, 2.45) is 0 Å². The summed E-state index contributed by atoms with van der Waals surface area (Å²) in [6.07, 6.45) is 6.73. The van der Waals surface area contributed by atoms with Crippen LogP contribution in [0.15, 0.2) is 49.1 Å². The number of nitrogens with zero attached hydrogens (tertiary/aromatic N) is 5. The van der Waals surface area contributed by atoms with Crippen LogP contribution in [0.4, 0.5) is 15.9 Å². The lowest BCUT2D eigenvalue weighted by molar-refractivity contribution is 0.102. The molecule has 0 saturated carbocycles. The first kappa shape index (κ1) is 21.2. The quantitative estimate of drug-likeness (QED) is 0.605. The number of aromatic nitrogens is 4. The monoisotopic (exact) mass is 438 g/mol. The summed E-state index contributed by atoms with van der Waals surface area (Å²) in [6, 6.07) is 7.34. The van der Waals surface area contributed by atoms with Gasteiger partial charge < -0.3 is 10.2 Å². The van der Waals surface area contributed by atoms with E-state index in [4.69, 9.17) is 0 Å². The van der Waals surface area contributed by atoms with E-state index in [-0.39, 0.29) is 18.4 Å². The van der Waals surface area contributed by atoms with Gasteiger partial charge in [0, 0.05) is 49.2 Å². The molecule has 7 nitrogen and oxygen atoms in total. The lowest BCUT2D eigenvalue weighted by atomic mass is 10.1. The van der Waals surface area contributed by atoms with Crippen molar-refractivity contribution in [3.8, 4) is 11.3 Å². The Kier molecular flexibility index (Phi) is 5.92. The maximum Gasteiger partial charge on any atom is 0.258 e. The van der Waals surface area contributed by atoms with Gasteiger partial charge in [0.25, 0.3) is 5.91 Å². The van der Waals surface area contributed by atoms with Crippen molar-refractivity contribution in [3.05, 3.63) is 60.4 Å². The summed E-state index contributed by atoms with van der Waals surface area (Å²) in [7, 11) is 2.27. The van der Waals surface area contributed by atoms with E-state index < -0.39 is 5.41 Å². The molecular weight excluding hydrogens is 414 g/mol. The smallest absolute Gasteiger partial charge is 0.258 e. The fourth-order valence-electron chi connectivity index (χ4n) is 3.47. The van der Waals surface area contributed by atoms with Crippen LogP contribution >= 0.6 is 9.24 Å². The second kappa shape index (κ2) is 8.63. The van der Waals surface area contributed by atoms with Gasteiger partial charge in [-0.05, 0) is 18.2 Å². The third kappa shape index (κ3) is 4.69.